The van der Waals surface area contributed by atoms with E-state index in [1.807, 2.05) is 0 Å². The van der Waals surface area contributed by atoms with E-state index in [1.54, 1.807) is 0 Å². The fourth-order valence-corrected chi connectivity index (χ4v) is 2.38. The summed E-state index contributed by atoms with van der Waals surface area (Å²) < 4.78 is 5.71. The van der Waals surface area contributed by atoms with Crippen molar-refractivity contribution in [3.05, 3.63) is 28.8 Å². The Kier molecular flexibility index (Phi) is 1.95. The Bertz CT molecular complexity index is 327. The van der Waals surface area contributed by atoms with Gasteiger partial charge < -0.3 is 10.1 Å². The summed E-state index contributed by atoms with van der Waals surface area (Å²) in [6.07, 6.45) is 3.80. The second kappa shape index (κ2) is 3.28. The Morgan fingerprint density at radius 1 is 1.07 bits per heavy atom. The van der Waals surface area contributed by atoms with Crippen molar-refractivity contribution in [1.82, 2.24) is 5.32 Å². The van der Waals surface area contributed by atoms with E-state index in [9.17, 15) is 0 Å². The molecule has 0 atom stereocenters. The largest absolute Gasteiger partial charge is 0.492 e. The molecule has 1 N–H and O–H groups in total. The first-order chi connectivity index (χ1) is 6.93. The van der Waals surface area contributed by atoms with Gasteiger partial charge in [0.2, 0.25) is 0 Å². The molecule has 74 valence electrons. The van der Waals surface area contributed by atoms with Crippen LogP contribution in [0.4, 0.5) is 0 Å². The third kappa shape index (κ3) is 1.30. The van der Waals surface area contributed by atoms with Gasteiger partial charge in [0, 0.05) is 18.7 Å². The number of hydrogen-bond donors (Lipinski definition) is 1. The van der Waals surface area contributed by atoms with Gasteiger partial charge in [0.25, 0.3) is 0 Å². The Hall–Kier alpha value is -1.02. The highest BCUT2D eigenvalue weighted by atomic mass is 16.5. The van der Waals surface area contributed by atoms with Crippen LogP contribution in [0.2, 0.25) is 0 Å². The van der Waals surface area contributed by atoms with Crippen LogP contribution in [-0.2, 0) is 19.4 Å². The lowest BCUT2D eigenvalue weighted by atomic mass is 10.1. The van der Waals surface area contributed by atoms with Crippen LogP contribution < -0.4 is 10.1 Å². The Morgan fingerprint density at radius 2 is 1.93 bits per heavy atom. The third-order valence-electron chi connectivity index (χ3n) is 3.13. The molecule has 1 aromatic carbocycles. The molecule has 1 aliphatic carbocycles. The standard InChI is InChI=1S/C12H15NO/c1-2-9-6-11-8-13-4-5-14-12(11)7-10(9)3-1/h6-7,13H,1-5,8H2. The molecule has 3 rings (SSSR count). The van der Waals surface area contributed by atoms with Crippen molar-refractivity contribution in [3.8, 4) is 5.75 Å². The second-order valence-electron chi connectivity index (χ2n) is 4.11. The van der Waals surface area contributed by atoms with E-state index >= 15 is 0 Å². The molecule has 1 aromatic rings. The molecule has 14 heavy (non-hydrogen) atoms. The van der Waals surface area contributed by atoms with Crippen molar-refractivity contribution in [2.24, 2.45) is 0 Å². The first-order valence-electron chi connectivity index (χ1n) is 5.42. The number of hydrogen-bond acceptors (Lipinski definition) is 2. The number of benzene rings is 1. The van der Waals surface area contributed by atoms with E-state index in [-0.39, 0.29) is 0 Å². The fourth-order valence-electron chi connectivity index (χ4n) is 2.38. The lowest BCUT2D eigenvalue weighted by molar-refractivity contribution is 0.325. The minimum Gasteiger partial charge on any atom is -0.492 e. The van der Waals surface area contributed by atoms with E-state index in [2.05, 4.69) is 17.4 Å². The van der Waals surface area contributed by atoms with Crippen LogP contribution in [0, 0.1) is 0 Å². The van der Waals surface area contributed by atoms with Crippen molar-refractivity contribution >= 4 is 0 Å². The smallest absolute Gasteiger partial charge is 0.124 e. The Morgan fingerprint density at radius 3 is 2.86 bits per heavy atom. The molecule has 1 aliphatic heterocycles. The van der Waals surface area contributed by atoms with Gasteiger partial charge >= 0.3 is 0 Å². The zero-order valence-electron chi connectivity index (χ0n) is 8.31. The zero-order valence-corrected chi connectivity index (χ0v) is 8.31. The molecular formula is C12H15NO. The van der Waals surface area contributed by atoms with Gasteiger partial charge in [0.05, 0.1) is 0 Å². The molecule has 1 heterocycles. The van der Waals surface area contributed by atoms with E-state index in [1.165, 1.54) is 36.0 Å². The molecule has 2 heteroatoms. The fraction of sp³-hybridized carbons (Fsp3) is 0.500. The van der Waals surface area contributed by atoms with E-state index in [4.69, 9.17) is 4.74 Å². The molecule has 0 spiro atoms. The van der Waals surface area contributed by atoms with Crippen LogP contribution in [0.15, 0.2) is 12.1 Å². The molecule has 2 nitrogen and oxygen atoms in total. The molecule has 2 aliphatic rings. The predicted octanol–water partition coefficient (Wildman–Crippen LogP) is 1.66. The van der Waals surface area contributed by atoms with Gasteiger partial charge in [-0.25, -0.2) is 0 Å². The Labute approximate surface area is 84.3 Å². The van der Waals surface area contributed by atoms with Gasteiger partial charge in [-0.15, -0.1) is 0 Å². The first-order valence-corrected chi connectivity index (χ1v) is 5.42. The number of rotatable bonds is 0. The third-order valence-corrected chi connectivity index (χ3v) is 3.13. The van der Waals surface area contributed by atoms with Crippen molar-refractivity contribution < 1.29 is 4.74 Å². The Balaban J connectivity index is 2.06. The maximum atomic E-state index is 5.71. The minimum absolute atomic E-state index is 0.797. The summed E-state index contributed by atoms with van der Waals surface area (Å²) >= 11 is 0. The average molecular weight is 189 g/mol. The first kappa shape index (κ1) is 8.30. The predicted molar refractivity (Wildman–Crippen MR) is 55.7 cm³/mol. The molecule has 0 aromatic heterocycles. The van der Waals surface area contributed by atoms with Crippen LogP contribution in [0.3, 0.4) is 0 Å². The van der Waals surface area contributed by atoms with Gasteiger partial charge in [0.15, 0.2) is 0 Å². The highest BCUT2D eigenvalue weighted by molar-refractivity contribution is 5.45. The SMILES string of the molecule is c1c2c(cc3c1CNCCO3)CCC2. The molecule has 0 saturated heterocycles. The monoisotopic (exact) mass is 189 g/mol. The van der Waals surface area contributed by atoms with Gasteiger partial charge in [0.1, 0.15) is 12.4 Å². The van der Waals surface area contributed by atoms with Crippen LogP contribution in [-0.4, -0.2) is 13.2 Å². The molecule has 0 fully saturated rings. The number of aryl methyl sites for hydroxylation is 2. The van der Waals surface area contributed by atoms with Crippen molar-refractivity contribution in [2.75, 3.05) is 13.2 Å². The second-order valence-corrected chi connectivity index (χ2v) is 4.11. The topological polar surface area (TPSA) is 21.3 Å². The lowest BCUT2D eigenvalue weighted by Gasteiger charge is -2.09. The van der Waals surface area contributed by atoms with Gasteiger partial charge in [-0.05, 0) is 36.5 Å². The summed E-state index contributed by atoms with van der Waals surface area (Å²) in [6, 6.07) is 4.58. The highest BCUT2D eigenvalue weighted by Gasteiger charge is 2.16. The lowest BCUT2D eigenvalue weighted by Crippen LogP contribution is -2.16. The summed E-state index contributed by atoms with van der Waals surface area (Å²) in [6.45, 7) is 2.72. The zero-order chi connectivity index (χ0) is 9.38. The maximum absolute atomic E-state index is 5.71. The molecular weight excluding hydrogens is 174 g/mol. The summed E-state index contributed by atoms with van der Waals surface area (Å²) in [5, 5.41) is 3.37. The van der Waals surface area contributed by atoms with Gasteiger partial charge in [-0.3, -0.25) is 0 Å². The van der Waals surface area contributed by atoms with Crippen molar-refractivity contribution in [1.29, 1.82) is 0 Å². The van der Waals surface area contributed by atoms with E-state index in [0.717, 1.165) is 25.4 Å². The van der Waals surface area contributed by atoms with Crippen LogP contribution >= 0.6 is 0 Å². The van der Waals surface area contributed by atoms with Gasteiger partial charge in [-0.2, -0.15) is 0 Å². The van der Waals surface area contributed by atoms with Crippen LogP contribution in [0.1, 0.15) is 23.1 Å². The molecule has 0 radical (unpaired) electrons. The molecule has 0 bridgehead atoms. The van der Waals surface area contributed by atoms with Crippen LogP contribution in [0.25, 0.3) is 0 Å². The summed E-state index contributed by atoms with van der Waals surface area (Å²) in [7, 11) is 0. The number of nitrogens with one attached hydrogen (secondary N) is 1. The van der Waals surface area contributed by atoms with E-state index < -0.39 is 0 Å². The quantitative estimate of drug-likeness (QED) is 0.670. The molecule has 0 amide bonds. The number of ether oxygens (including phenoxy) is 1. The summed E-state index contributed by atoms with van der Waals surface area (Å²) in [5.74, 6) is 1.11. The molecule has 0 unspecified atom stereocenters. The van der Waals surface area contributed by atoms with Crippen molar-refractivity contribution in [2.45, 2.75) is 25.8 Å². The van der Waals surface area contributed by atoms with Crippen molar-refractivity contribution in [3.63, 3.8) is 0 Å². The molecule has 0 saturated carbocycles. The average Bonchev–Trinajstić information content (AvgIpc) is 2.51. The maximum Gasteiger partial charge on any atom is 0.124 e. The summed E-state index contributed by atoms with van der Waals surface area (Å²) in [5.41, 5.74) is 4.38. The highest BCUT2D eigenvalue weighted by Crippen LogP contribution is 2.30. The summed E-state index contributed by atoms with van der Waals surface area (Å²) in [4.78, 5) is 0. The van der Waals surface area contributed by atoms with E-state index in [0.29, 0.717) is 0 Å². The number of fused-ring (bicyclic) bond motifs is 2. The minimum atomic E-state index is 0.797. The van der Waals surface area contributed by atoms with Gasteiger partial charge in [-0.1, -0.05) is 6.07 Å². The van der Waals surface area contributed by atoms with Crippen LogP contribution in [0.5, 0.6) is 5.75 Å². The normalized spacial score (nSPS) is 19.4.